The molecule has 0 unspecified atom stereocenters. The van der Waals surface area contributed by atoms with Gasteiger partial charge in [0.2, 0.25) is 5.91 Å². The Labute approximate surface area is 125 Å². The Balaban J connectivity index is 2.88. The van der Waals surface area contributed by atoms with Crippen molar-refractivity contribution in [2.24, 2.45) is 23.4 Å². The Morgan fingerprint density at radius 2 is 2.10 bits per heavy atom. The van der Waals surface area contributed by atoms with Gasteiger partial charge in [-0.05, 0) is 19.3 Å². The van der Waals surface area contributed by atoms with E-state index in [0.29, 0.717) is 19.4 Å². The average molecular weight is 295 g/mol. The molecule has 7 heteroatoms. The van der Waals surface area contributed by atoms with Crippen molar-refractivity contribution in [1.82, 2.24) is 15.1 Å². The van der Waals surface area contributed by atoms with E-state index in [1.807, 2.05) is 34.0 Å². The number of amides is 1. The number of amidine groups is 1. The van der Waals surface area contributed by atoms with Crippen LogP contribution in [0.3, 0.4) is 0 Å². The molecule has 1 amide bonds. The van der Waals surface area contributed by atoms with Crippen LogP contribution < -0.4 is 11.1 Å². The number of nitrogens with zero attached hydrogens (tertiary/aromatic N) is 3. The number of carbonyl (C=O) groups is 1. The van der Waals surface area contributed by atoms with Gasteiger partial charge in [0.25, 0.3) is 0 Å². The van der Waals surface area contributed by atoms with Crippen LogP contribution in [0.1, 0.15) is 44.9 Å². The fourth-order valence-corrected chi connectivity index (χ4v) is 2.52. The molecule has 0 saturated carbocycles. The summed E-state index contributed by atoms with van der Waals surface area (Å²) in [7, 11) is 1.85. The molecule has 0 fully saturated rings. The smallest absolute Gasteiger partial charge is 0.234 e. The van der Waals surface area contributed by atoms with Gasteiger partial charge < -0.3 is 16.3 Å². The fraction of sp³-hybridized carbons (Fsp3) is 0.643. The lowest BCUT2D eigenvalue weighted by Gasteiger charge is -2.28. The highest BCUT2D eigenvalue weighted by Crippen LogP contribution is 2.27. The number of hydrogen-bond donors (Lipinski definition) is 3. The van der Waals surface area contributed by atoms with E-state index in [4.69, 9.17) is 10.9 Å². The van der Waals surface area contributed by atoms with Crippen LogP contribution in [0.2, 0.25) is 0 Å². The summed E-state index contributed by atoms with van der Waals surface area (Å²) in [6.07, 6.45) is 3.64. The van der Waals surface area contributed by atoms with E-state index in [2.05, 4.69) is 15.6 Å². The van der Waals surface area contributed by atoms with E-state index in [1.54, 1.807) is 4.68 Å². The number of hydrogen-bond acceptors (Lipinski definition) is 4. The van der Waals surface area contributed by atoms with Gasteiger partial charge in [-0.2, -0.15) is 5.10 Å². The maximum absolute atomic E-state index is 12.5. The quantitative estimate of drug-likeness (QED) is 0.304. The molecule has 1 aromatic rings. The van der Waals surface area contributed by atoms with Crippen LogP contribution >= 0.6 is 0 Å². The number of nitrogens with one attached hydrogen (secondary N) is 1. The molecule has 0 aromatic carbocycles. The number of carbonyl (C=O) groups excluding carboxylic acids is 1. The summed E-state index contributed by atoms with van der Waals surface area (Å²) < 4.78 is 1.73. The van der Waals surface area contributed by atoms with Gasteiger partial charge >= 0.3 is 0 Å². The van der Waals surface area contributed by atoms with Crippen LogP contribution in [0.5, 0.6) is 0 Å². The molecular weight excluding hydrogens is 270 g/mol. The van der Waals surface area contributed by atoms with Crippen LogP contribution in [-0.4, -0.2) is 26.7 Å². The Kier molecular flexibility index (Phi) is 5.75. The number of oxime groups is 1. The number of nitrogens with two attached hydrogens (primary N) is 1. The highest BCUT2D eigenvalue weighted by Gasteiger charge is 2.39. The normalized spacial score (nSPS) is 12.5. The average Bonchev–Trinajstić information content (AvgIpc) is 2.86. The van der Waals surface area contributed by atoms with E-state index in [0.717, 1.165) is 17.7 Å². The second-order valence-corrected chi connectivity index (χ2v) is 5.09. The predicted octanol–water partition coefficient (Wildman–Crippen LogP) is 1.15. The summed E-state index contributed by atoms with van der Waals surface area (Å²) >= 11 is 0. The Hall–Kier alpha value is -2.05. The van der Waals surface area contributed by atoms with Gasteiger partial charge in [0.05, 0.1) is 5.69 Å². The fourth-order valence-electron chi connectivity index (χ4n) is 2.52. The standard InChI is InChI=1S/C14H25N5O2/c1-5-11-10(9-19(4)17-11)8-16-13(20)14(6-2,7-3)12(15)18-21/h9,21H,5-8H2,1-4H3,(H2,15,18)(H,16,20). The molecule has 0 aliphatic heterocycles. The first-order valence-corrected chi connectivity index (χ1v) is 7.22. The predicted molar refractivity (Wildman–Crippen MR) is 80.9 cm³/mol. The summed E-state index contributed by atoms with van der Waals surface area (Å²) in [5, 5.41) is 19.2. The minimum atomic E-state index is -0.969. The zero-order valence-electron chi connectivity index (χ0n) is 13.2. The molecule has 0 saturated heterocycles. The van der Waals surface area contributed by atoms with Crippen molar-refractivity contribution in [1.29, 1.82) is 0 Å². The first-order chi connectivity index (χ1) is 9.94. The second-order valence-electron chi connectivity index (χ2n) is 5.09. The summed E-state index contributed by atoms with van der Waals surface area (Å²) in [5.41, 5.74) is 6.70. The maximum atomic E-state index is 12.5. The van der Waals surface area contributed by atoms with Gasteiger partial charge in [0.15, 0.2) is 5.84 Å². The van der Waals surface area contributed by atoms with Crippen LogP contribution in [0.15, 0.2) is 11.4 Å². The van der Waals surface area contributed by atoms with E-state index >= 15 is 0 Å². The molecule has 1 aromatic heterocycles. The van der Waals surface area contributed by atoms with Gasteiger partial charge in [-0.1, -0.05) is 25.9 Å². The zero-order valence-corrected chi connectivity index (χ0v) is 13.2. The Morgan fingerprint density at radius 3 is 2.57 bits per heavy atom. The van der Waals surface area contributed by atoms with E-state index in [9.17, 15) is 4.79 Å². The molecule has 7 nitrogen and oxygen atoms in total. The molecule has 0 aliphatic carbocycles. The molecule has 118 valence electrons. The van der Waals surface area contributed by atoms with Crippen LogP contribution in [-0.2, 0) is 24.8 Å². The monoisotopic (exact) mass is 295 g/mol. The van der Waals surface area contributed by atoms with E-state index < -0.39 is 5.41 Å². The molecule has 21 heavy (non-hydrogen) atoms. The molecule has 1 heterocycles. The molecule has 1 rings (SSSR count). The van der Waals surface area contributed by atoms with E-state index in [1.165, 1.54) is 0 Å². The number of rotatable bonds is 7. The molecule has 0 aliphatic rings. The topological polar surface area (TPSA) is 106 Å². The third kappa shape index (κ3) is 3.34. The van der Waals surface area contributed by atoms with Gasteiger partial charge in [0, 0.05) is 25.4 Å². The minimum absolute atomic E-state index is 0.0492. The second kappa shape index (κ2) is 7.10. The Morgan fingerprint density at radius 1 is 1.48 bits per heavy atom. The van der Waals surface area contributed by atoms with Crippen LogP contribution in [0, 0.1) is 5.41 Å². The largest absolute Gasteiger partial charge is 0.409 e. The van der Waals surface area contributed by atoms with Crippen LogP contribution in [0.4, 0.5) is 0 Å². The SMILES string of the molecule is CCc1nn(C)cc1CNC(=O)C(CC)(CC)/C(N)=N/O. The van der Waals surface area contributed by atoms with Gasteiger partial charge in [-0.3, -0.25) is 9.48 Å². The highest BCUT2D eigenvalue weighted by atomic mass is 16.4. The zero-order chi connectivity index (χ0) is 16.0. The van der Waals surface area contributed by atoms with Crippen LogP contribution in [0.25, 0.3) is 0 Å². The third-order valence-corrected chi connectivity index (χ3v) is 4.01. The van der Waals surface area contributed by atoms with Crippen molar-refractivity contribution < 1.29 is 10.0 Å². The molecule has 4 N–H and O–H groups in total. The molecule has 0 radical (unpaired) electrons. The highest BCUT2D eigenvalue weighted by molar-refractivity contribution is 6.06. The molecule has 0 spiro atoms. The van der Waals surface area contributed by atoms with Crippen molar-refractivity contribution >= 4 is 11.7 Å². The molecule has 0 atom stereocenters. The summed E-state index contributed by atoms with van der Waals surface area (Å²) in [5.74, 6) is -0.277. The van der Waals surface area contributed by atoms with Crippen molar-refractivity contribution in [3.05, 3.63) is 17.5 Å². The molecule has 0 bridgehead atoms. The lowest BCUT2D eigenvalue weighted by molar-refractivity contribution is -0.128. The van der Waals surface area contributed by atoms with Gasteiger partial charge in [-0.15, -0.1) is 0 Å². The third-order valence-electron chi connectivity index (χ3n) is 4.01. The van der Waals surface area contributed by atoms with Gasteiger partial charge in [-0.25, -0.2) is 0 Å². The minimum Gasteiger partial charge on any atom is -0.409 e. The summed E-state index contributed by atoms with van der Waals surface area (Å²) in [6, 6.07) is 0. The van der Waals surface area contributed by atoms with Crippen molar-refractivity contribution in [3.8, 4) is 0 Å². The van der Waals surface area contributed by atoms with Crippen molar-refractivity contribution in [2.75, 3.05) is 0 Å². The first kappa shape index (κ1) is 17.0. The Bertz CT molecular complexity index is 517. The number of aromatic nitrogens is 2. The number of aryl methyl sites for hydroxylation is 2. The first-order valence-electron chi connectivity index (χ1n) is 7.22. The lowest BCUT2D eigenvalue weighted by atomic mass is 9.80. The van der Waals surface area contributed by atoms with Crippen molar-refractivity contribution in [2.45, 2.75) is 46.6 Å². The van der Waals surface area contributed by atoms with E-state index in [-0.39, 0.29) is 11.7 Å². The summed E-state index contributed by atoms with van der Waals surface area (Å²) in [6.45, 7) is 6.11. The van der Waals surface area contributed by atoms with Crippen molar-refractivity contribution in [3.63, 3.8) is 0 Å². The molecular formula is C14H25N5O2. The summed E-state index contributed by atoms with van der Waals surface area (Å²) in [4.78, 5) is 12.5. The van der Waals surface area contributed by atoms with Gasteiger partial charge in [0.1, 0.15) is 5.41 Å². The lowest BCUT2D eigenvalue weighted by Crippen LogP contribution is -2.49. The maximum Gasteiger partial charge on any atom is 0.234 e.